The normalized spacial score (nSPS) is 13.1. The van der Waals surface area contributed by atoms with Gasteiger partial charge in [-0.3, -0.25) is 0 Å². The van der Waals surface area contributed by atoms with E-state index >= 15 is 0 Å². The molecule has 0 saturated heterocycles. The first-order chi connectivity index (χ1) is 8.05. The highest BCUT2D eigenvalue weighted by Gasteiger charge is 2.11. The first-order valence-corrected chi connectivity index (χ1v) is 6.87. The summed E-state index contributed by atoms with van der Waals surface area (Å²) < 4.78 is 0. The summed E-state index contributed by atoms with van der Waals surface area (Å²) in [7, 11) is 0. The second-order valence-corrected chi connectivity index (χ2v) is 5.38. The summed E-state index contributed by atoms with van der Waals surface area (Å²) in [5, 5.41) is 0. The minimum atomic E-state index is 0.307. The molecule has 96 valence electrons. The summed E-state index contributed by atoms with van der Waals surface area (Å²) in [4.78, 5) is 0. The Morgan fingerprint density at radius 2 is 1.53 bits per heavy atom. The van der Waals surface area contributed by atoms with Crippen LogP contribution in [0.1, 0.15) is 49.8 Å². The second-order valence-electron chi connectivity index (χ2n) is 5.38. The van der Waals surface area contributed by atoms with Crippen molar-refractivity contribution >= 4 is 0 Å². The predicted molar refractivity (Wildman–Crippen MR) is 76.3 cm³/mol. The zero-order valence-electron chi connectivity index (χ0n) is 11.8. The van der Waals surface area contributed by atoms with Crippen molar-refractivity contribution in [3.05, 3.63) is 34.9 Å². The van der Waals surface area contributed by atoms with E-state index in [2.05, 4.69) is 45.9 Å². The number of hydrogen-bond acceptors (Lipinski definition) is 1. The first-order valence-electron chi connectivity index (χ1n) is 6.87. The van der Waals surface area contributed by atoms with Crippen LogP contribution in [0.2, 0.25) is 0 Å². The Balaban J connectivity index is 2.58. The van der Waals surface area contributed by atoms with Gasteiger partial charge in [-0.2, -0.15) is 0 Å². The lowest BCUT2D eigenvalue weighted by molar-refractivity contribution is 0.407. The Morgan fingerprint density at radius 3 is 2.00 bits per heavy atom. The predicted octanol–water partition coefficient (Wildman–Crippen LogP) is 4.00. The summed E-state index contributed by atoms with van der Waals surface area (Å²) in [6.45, 7) is 8.83. The van der Waals surface area contributed by atoms with Crippen LogP contribution < -0.4 is 5.73 Å². The van der Waals surface area contributed by atoms with E-state index in [0.717, 1.165) is 18.8 Å². The molecule has 1 aromatic carbocycles. The van der Waals surface area contributed by atoms with Crippen molar-refractivity contribution in [1.82, 2.24) is 0 Å². The van der Waals surface area contributed by atoms with Crippen LogP contribution in [-0.2, 0) is 6.42 Å². The maximum Gasteiger partial charge on any atom is 0.00819 e. The quantitative estimate of drug-likeness (QED) is 0.789. The largest absolute Gasteiger partial charge is 0.327 e. The molecule has 0 spiro atoms. The fraction of sp³-hybridized carbons (Fsp3) is 0.625. The Morgan fingerprint density at radius 1 is 1.00 bits per heavy atom. The SMILES string of the molecule is CCC(CC)CC(N)Cc1cc(C)cc(C)c1. The Hall–Kier alpha value is -0.820. The lowest BCUT2D eigenvalue weighted by Gasteiger charge is -2.18. The van der Waals surface area contributed by atoms with Crippen molar-refractivity contribution in [2.24, 2.45) is 11.7 Å². The van der Waals surface area contributed by atoms with Crippen molar-refractivity contribution in [2.45, 2.75) is 59.4 Å². The molecule has 0 aliphatic heterocycles. The molecule has 1 nitrogen and oxygen atoms in total. The smallest absolute Gasteiger partial charge is 0.00819 e. The van der Waals surface area contributed by atoms with E-state index in [4.69, 9.17) is 5.73 Å². The van der Waals surface area contributed by atoms with Gasteiger partial charge in [-0.25, -0.2) is 0 Å². The van der Waals surface area contributed by atoms with Crippen molar-refractivity contribution < 1.29 is 0 Å². The van der Waals surface area contributed by atoms with Crippen LogP contribution in [0.5, 0.6) is 0 Å². The molecule has 2 N–H and O–H groups in total. The Bertz CT molecular complexity index is 319. The average molecular weight is 233 g/mol. The van der Waals surface area contributed by atoms with Gasteiger partial charge in [-0.15, -0.1) is 0 Å². The average Bonchev–Trinajstić information content (AvgIpc) is 2.24. The third kappa shape index (κ3) is 4.91. The first kappa shape index (κ1) is 14.2. The van der Waals surface area contributed by atoms with Gasteiger partial charge in [-0.05, 0) is 38.2 Å². The summed E-state index contributed by atoms with van der Waals surface area (Å²) in [6.07, 6.45) is 4.66. The maximum atomic E-state index is 6.26. The molecule has 1 atom stereocenters. The fourth-order valence-electron chi connectivity index (χ4n) is 2.62. The van der Waals surface area contributed by atoms with E-state index in [1.807, 2.05) is 0 Å². The molecule has 0 amide bonds. The van der Waals surface area contributed by atoms with Crippen molar-refractivity contribution in [2.75, 3.05) is 0 Å². The molecule has 1 unspecified atom stereocenters. The van der Waals surface area contributed by atoms with E-state index in [0.29, 0.717) is 6.04 Å². The monoisotopic (exact) mass is 233 g/mol. The van der Waals surface area contributed by atoms with E-state index < -0.39 is 0 Å². The molecule has 1 heteroatoms. The van der Waals surface area contributed by atoms with Gasteiger partial charge < -0.3 is 5.73 Å². The van der Waals surface area contributed by atoms with Crippen LogP contribution in [0.15, 0.2) is 18.2 Å². The fourth-order valence-corrected chi connectivity index (χ4v) is 2.62. The number of rotatable bonds is 6. The van der Waals surface area contributed by atoms with Crippen molar-refractivity contribution in [1.29, 1.82) is 0 Å². The lowest BCUT2D eigenvalue weighted by Crippen LogP contribution is -2.26. The summed E-state index contributed by atoms with van der Waals surface area (Å²) in [5.41, 5.74) is 10.3. The topological polar surface area (TPSA) is 26.0 Å². The minimum Gasteiger partial charge on any atom is -0.327 e. The molecular weight excluding hydrogens is 206 g/mol. The lowest BCUT2D eigenvalue weighted by atomic mass is 9.91. The van der Waals surface area contributed by atoms with Crippen LogP contribution >= 0.6 is 0 Å². The van der Waals surface area contributed by atoms with E-state index in [9.17, 15) is 0 Å². The van der Waals surface area contributed by atoms with E-state index in [1.54, 1.807) is 0 Å². The van der Waals surface area contributed by atoms with Crippen LogP contribution in [0.3, 0.4) is 0 Å². The third-order valence-corrected chi connectivity index (χ3v) is 3.57. The molecule has 0 bridgehead atoms. The summed E-state index contributed by atoms with van der Waals surface area (Å²) in [6, 6.07) is 7.05. The van der Waals surface area contributed by atoms with Crippen molar-refractivity contribution in [3.63, 3.8) is 0 Å². The highest BCUT2D eigenvalue weighted by molar-refractivity contribution is 5.29. The zero-order chi connectivity index (χ0) is 12.8. The molecule has 0 radical (unpaired) electrons. The number of benzene rings is 1. The van der Waals surface area contributed by atoms with Gasteiger partial charge in [0.1, 0.15) is 0 Å². The van der Waals surface area contributed by atoms with Crippen LogP contribution in [-0.4, -0.2) is 6.04 Å². The Labute approximate surface area is 106 Å². The number of aryl methyl sites for hydroxylation is 2. The molecule has 0 aliphatic carbocycles. The second kappa shape index (κ2) is 6.80. The van der Waals surface area contributed by atoms with Crippen LogP contribution in [0, 0.1) is 19.8 Å². The molecule has 0 heterocycles. The molecule has 1 rings (SSSR count). The van der Waals surface area contributed by atoms with E-state index in [-0.39, 0.29) is 0 Å². The number of nitrogens with two attached hydrogens (primary N) is 1. The highest BCUT2D eigenvalue weighted by Crippen LogP contribution is 2.17. The maximum absolute atomic E-state index is 6.26. The van der Waals surface area contributed by atoms with Crippen LogP contribution in [0.25, 0.3) is 0 Å². The highest BCUT2D eigenvalue weighted by atomic mass is 14.6. The van der Waals surface area contributed by atoms with Gasteiger partial charge in [0.15, 0.2) is 0 Å². The van der Waals surface area contributed by atoms with E-state index in [1.165, 1.54) is 29.5 Å². The molecule has 0 saturated carbocycles. The molecule has 0 aliphatic rings. The minimum absolute atomic E-state index is 0.307. The summed E-state index contributed by atoms with van der Waals surface area (Å²) >= 11 is 0. The number of hydrogen-bond donors (Lipinski definition) is 1. The van der Waals surface area contributed by atoms with Gasteiger partial charge in [-0.1, -0.05) is 56.0 Å². The van der Waals surface area contributed by atoms with Gasteiger partial charge in [0, 0.05) is 6.04 Å². The van der Waals surface area contributed by atoms with Gasteiger partial charge >= 0.3 is 0 Å². The summed E-state index contributed by atoms with van der Waals surface area (Å²) in [5.74, 6) is 0.788. The standard InChI is InChI=1S/C16H27N/c1-5-14(6-2)10-16(17)11-15-8-12(3)7-13(4)9-15/h7-9,14,16H,5-6,10-11,17H2,1-4H3. The third-order valence-electron chi connectivity index (χ3n) is 3.57. The van der Waals surface area contributed by atoms with Gasteiger partial charge in [0.05, 0.1) is 0 Å². The van der Waals surface area contributed by atoms with Crippen molar-refractivity contribution in [3.8, 4) is 0 Å². The molecule has 17 heavy (non-hydrogen) atoms. The van der Waals surface area contributed by atoms with Crippen LogP contribution in [0.4, 0.5) is 0 Å². The van der Waals surface area contributed by atoms with Gasteiger partial charge in [0.25, 0.3) is 0 Å². The molecule has 0 fully saturated rings. The Kier molecular flexibility index (Phi) is 5.70. The molecular formula is C16H27N. The van der Waals surface area contributed by atoms with Gasteiger partial charge in [0.2, 0.25) is 0 Å². The molecule has 1 aromatic rings. The molecule has 0 aromatic heterocycles. The zero-order valence-corrected chi connectivity index (χ0v) is 11.8.